The minimum Gasteiger partial charge on any atom is -0.311 e. The van der Waals surface area contributed by atoms with Gasteiger partial charge in [0, 0.05) is 31.1 Å². The molecule has 0 spiro atoms. The Morgan fingerprint density at radius 1 is 1.25 bits per heavy atom. The number of hydrogen-bond donors (Lipinski definition) is 1. The average Bonchev–Trinajstić information content (AvgIpc) is 2.63. The first-order chi connectivity index (χ1) is 7.83. The number of nitrogens with one attached hydrogen (secondary N) is 1. The molecule has 2 atom stereocenters. The van der Waals surface area contributed by atoms with Crippen molar-refractivity contribution in [3.8, 4) is 6.07 Å². The van der Waals surface area contributed by atoms with Gasteiger partial charge in [-0.2, -0.15) is 5.26 Å². The van der Waals surface area contributed by atoms with E-state index >= 15 is 0 Å². The third kappa shape index (κ3) is 2.75. The second-order valence-electron chi connectivity index (χ2n) is 5.21. The summed E-state index contributed by atoms with van der Waals surface area (Å²) in [5.41, 5.74) is 0. The molecular weight excluding hydrogens is 198 g/mol. The minimum atomic E-state index is 0.680. The summed E-state index contributed by atoms with van der Waals surface area (Å²) in [6, 6.07) is 4.51. The summed E-state index contributed by atoms with van der Waals surface area (Å²) in [7, 11) is 0. The van der Waals surface area contributed by atoms with E-state index in [0.29, 0.717) is 6.42 Å². The van der Waals surface area contributed by atoms with Crippen molar-refractivity contribution in [2.24, 2.45) is 0 Å². The van der Waals surface area contributed by atoms with Crippen LogP contribution >= 0.6 is 0 Å². The van der Waals surface area contributed by atoms with E-state index in [-0.39, 0.29) is 0 Å². The van der Waals surface area contributed by atoms with Gasteiger partial charge in [0.2, 0.25) is 0 Å². The molecule has 2 aliphatic heterocycles. The van der Waals surface area contributed by atoms with Crippen LogP contribution in [0.15, 0.2) is 0 Å². The lowest BCUT2D eigenvalue weighted by Gasteiger charge is -2.37. The predicted molar refractivity (Wildman–Crippen MR) is 65.1 cm³/mol. The van der Waals surface area contributed by atoms with Crippen LogP contribution in [0.3, 0.4) is 0 Å². The number of rotatable bonds is 5. The molecule has 2 saturated heterocycles. The fourth-order valence-corrected chi connectivity index (χ4v) is 3.28. The van der Waals surface area contributed by atoms with Crippen LogP contribution in [0.4, 0.5) is 0 Å². The van der Waals surface area contributed by atoms with E-state index in [1.165, 1.54) is 32.1 Å². The highest BCUT2D eigenvalue weighted by Crippen LogP contribution is 2.29. The Labute approximate surface area is 98.8 Å². The standard InChI is InChI=1S/C13H23N3/c1-2-7-16(8-3-6-14)13-9-11-4-5-12(10-13)15-11/h11-13,15H,2-5,7-10H2,1H3. The van der Waals surface area contributed by atoms with Gasteiger partial charge in [-0.05, 0) is 38.6 Å². The number of nitriles is 1. The maximum Gasteiger partial charge on any atom is 0.0635 e. The van der Waals surface area contributed by atoms with E-state index in [1.807, 2.05) is 0 Å². The Morgan fingerprint density at radius 2 is 1.94 bits per heavy atom. The lowest BCUT2D eigenvalue weighted by atomic mass is 9.98. The molecule has 2 unspecified atom stereocenters. The van der Waals surface area contributed by atoms with E-state index < -0.39 is 0 Å². The van der Waals surface area contributed by atoms with Gasteiger partial charge in [0.1, 0.15) is 0 Å². The third-order valence-corrected chi connectivity index (χ3v) is 3.99. The molecule has 1 N–H and O–H groups in total. The molecule has 16 heavy (non-hydrogen) atoms. The molecule has 0 aliphatic carbocycles. The van der Waals surface area contributed by atoms with Crippen LogP contribution in [0.5, 0.6) is 0 Å². The topological polar surface area (TPSA) is 39.1 Å². The molecule has 0 aromatic rings. The maximum absolute atomic E-state index is 8.71. The average molecular weight is 221 g/mol. The van der Waals surface area contributed by atoms with Crippen molar-refractivity contribution in [3.05, 3.63) is 0 Å². The van der Waals surface area contributed by atoms with E-state index in [4.69, 9.17) is 5.26 Å². The molecule has 0 aromatic heterocycles. The molecule has 3 heteroatoms. The second kappa shape index (κ2) is 5.65. The molecule has 0 saturated carbocycles. The van der Waals surface area contributed by atoms with Gasteiger partial charge in [-0.25, -0.2) is 0 Å². The fraction of sp³-hybridized carbons (Fsp3) is 0.923. The quantitative estimate of drug-likeness (QED) is 0.770. The lowest BCUT2D eigenvalue weighted by Crippen LogP contribution is -2.48. The van der Waals surface area contributed by atoms with Crippen molar-refractivity contribution in [1.82, 2.24) is 10.2 Å². The summed E-state index contributed by atoms with van der Waals surface area (Å²) >= 11 is 0. The van der Waals surface area contributed by atoms with Crippen molar-refractivity contribution >= 4 is 0 Å². The van der Waals surface area contributed by atoms with Gasteiger partial charge in [-0.3, -0.25) is 4.90 Å². The summed E-state index contributed by atoms with van der Waals surface area (Å²) in [4.78, 5) is 2.55. The molecule has 90 valence electrons. The van der Waals surface area contributed by atoms with Gasteiger partial charge in [-0.15, -0.1) is 0 Å². The van der Waals surface area contributed by atoms with Crippen molar-refractivity contribution in [1.29, 1.82) is 5.26 Å². The van der Waals surface area contributed by atoms with E-state index in [2.05, 4.69) is 23.2 Å². The van der Waals surface area contributed by atoms with Crippen LogP contribution in [-0.2, 0) is 0 Å². The van der Waals surface area contributed by atoms with Crippen LogP contribution in [-0.4, -0.2) is 36.1 Å². The summed E-state index contributed by atoms with van der Waals surface area (Å²) < 4.78 is 0. The second-order valence-corrected chi connectivity index (χ2v) is 5.21. The van der Waals surface area contributed by atoms with Crippen molar-refractivity contribution in [2.45, 2.75) is 63.6 Å². The summed E-state index contributed by atoms with van der Waals surface area (Å²) in [5, 5.41) is 12.4. The third-order valence-electron chi connectivity index (χ3n) is 3.99. The smallest absolute Gasteiger partial charge is 0.0635 e. The Hall–Kier alpha value is -0.590. The summed E-state index contributed by atoms with van der Waals surface area (Å²) in [6.07, 6.45) is 7.19. The number of nitrogens with zero attached hydrogens (tertiary/aromatic N) is 2. The van der Waals surface area contributed by atoms with E-state index in [9.17, 15) is 0 Å². The first-order valence-electron chi connectivity index (χ1n) is 6.70. The molecule has 2 rings (SSSR count). The monoisotopic (exact) mass is 221 g/mol. The summed E-state index contributed by atoms with van der Waals surface area (Å²) in [6.45, 7) is 4.36. The molecular formula is C13H23N3. The Bertz CT molecular complexity index is 246. The Morgan fingerprint density at radius 3 is 2.50 bits per heavy atom. The van der Waals surface area contributed by atoms with Crippen LogP contribution in [0, 0.1) is 11.3 Å². The predicted octanol–water partition coefficient (Wildman–Crippen LogP) is 1.90. The number of hydrogen-bond acceptors (Lipinski definition) is 3. The van der Waals surface area contributed by atoms with Gasteiger partial charge in [0.15, 0.2) is 0 Å². The zero-order valence-electron chi connectivity index (χ0n) is 10.3. The van der Waals surface area contributed by atoms with Crippen molar-refractivity contribution in [3.63, 3.8) is 0 Å². The molecule has 0 amide bonds. The van der Waals surface area contributed by atoms with E-state index in [0.717, 1.165) is 31.2 Å². The highest BCUT2D eigenvalue weighted by Gasteiger charge is 2.35. The maximum atomic E-state index is 8.71. The van der Waals surface area contributed by atoms with Crippen LogP contribution in [0.1, 0.15) is 45.4 Å². The van der Waals surface area contributed by atoms with Gasteiger partial charge < -0.3 is 5.32 Å². The highest BCUT2D eigenvalue weighted by molar-refractivity contribution is 4.95. The summed E-state index contributed by atoms with van der Waals surface area (Å²) in [5.74, 6) is 0. The van der Waals surface area contributed by atoms with Crippen molar-refractivity contribution in [2.75, 3.05) is 13.1 Å². The largest absolute Gasteiger partial charge is 0.311 e. The van der Waals surface area contributed by atoms with Crippen LogP contribution in [0.2, 0.25) is 0 Å². The lowest BCUT2D eigenvalue weighted by molar-refractivity contribution is 0.144. The van der Waals surface area contributed by atoms with Gasteiger partial charge in [0.05, 0.1) is 6.07 Å². The molecule has 2 heterocycles. The Balaban J connectivity index is 1.89. The Kier molecular flexibility index (Phi) is 4.20. The van der Waals surface area contributed by atoms with Crippen molar-refractivity contribution < 1.29 is 0 Å². The molecule has 0 aromatic carbocycles. The first kappa shape index (κ1) is 11.9. The number of fused-ring (bicyclic) bond motifs is 2. The van der Waals surface area contributed by atoms with Gasteiger partial charge >= 0.3 is 0 Å². The molecule has 2 fully saturated rings. The normalized spacial score (nSPS) is 32.9. The molecule has 0 radical (unpaired) electrons. The zero-order valence-corrected chi connectivity index (χ0v) is 10.3. The SMILES string of the molecule is CCCN(CCC#N)C1CC2CCC(C1)N2. The van der Waals surface area contributed by atoms with Gasteiger partial charge in [0.25, 0.3) is 0 Å². The van der Waals surface area contributed by atoms with E-state index in [1.54, 1.807) is 0 Å². The fourth-order valence-electron chi connectivity index (χ4n) is 3.28. The molecule has 3 nitrogen and oxygen atoms in total. The highest BCUT2D eigenvalue weighted by atomic mass is 15.2. The van der Waals surface area contributed by atoms with Gasteiger partial charge in [-0.1, -0.05) is 6.92 Å². The minimum absolute atomic E-state index is 0.680. The van der Waals surface area contributed by atoms with Crippen LogP contribution in [0.25, 0.3) is 0 Å². The molecule has 2 bridgehead atoms. The van der Waals surface area contributed by atoms with Crippen LogP contribution < -0.4 is 5.32 Å². The molecule has 2 aliphatic rings. The number of piperidine rings is 1. The first-order valence-corrected chi connectivity index (χ1v) is 6.70. The zero-order chi connectivity index (χ0) is 11.4.